The van der Waals surface area contributed by atoms with Crippen molar-refractivity contribution in [3.63, 3.8) is 0 Å². The van der Waals surface area contributed by atoms with Crippen molar-refractivity contribution < 1.29 is 9.59 Å². The van der Waals surface area contributed by atoms with Gasteiger partial charge in [0.2, 0.25) is 5.91 Å². The van der Waals surface area contributed by atoms with E-state index < -0.39 is 0 Å². The zero-order valence-electron chi connectivity index (χ0n) is 14.3. The molecular formula is C18H16ClN5O2S. The van der Waals surface area contributed by atoms with Crippen LogP contribution in [0.2, 0.25) is 5.02 Å². The Labute approximate surface area is 165 Å². The predicted molar refractivity (Wildman–Crippen MR) is 106 cm³/mol. The zero-order valence-corrected chi connectivity index (χ0v) is 15.9. The van der Waals surface area contributed by atoms with Gasteiger partial charge in [-0.2, -0.15) is 0 Å². The van der Waals surface area contributed by atoms with Crippen LogP contribution in [-0.4, -0.2) is 39.4 Å². The fourth-order valence-corrected chi connectivity index (χ4v) is 3.25. The summed E-state index contributed by atoms with van der Waals surface area (Å²) in [4.78, 5) is 23.9. The van der Waals surface area contributed by atoms with Gasteiger partial charge in [0.25, 0.3) is 5.91 Å². The van der Waals surface area contributed by atoms with E-state index in [0.717, 1.165) is 5.69 Å². The van der Waals surface area contributed by atoms with Crippen LogP contribution >= 0.6 is 23.4 Å². The number of thioether (sulfide) groups is 1. The maximum atomic E-state index is 12.2. The second kappa shape index (κ2) is 8.70. The van der Waals surface area contributed by atoms with Gasteiger partial charge >= 0.3 is 0 Å². The minimum absolute atomic E-state index is 0.142. The molecule has 0 saturated heterocycles. The van der Waals surface area contributed by atoms with Crippen molar-refractivity contribution in [1.29, 1.82) is 0 Å². The third-order valence-electron chi connectivity index (χ3n) is 3.57. The minimum atomic E-state index is -0.213. The molecular weight excluding hydrogens is 386 g/mol. The number of rotatable bonds is 6. The monoisotopic (exact) mass is 401 g/mol. The van der Waals surface area contributed by atoms with Crippen LogP contribution in [0.15, 0.2) is 60.0 Å². The highest BCUT2D eigenvalue weighted by Crippen LogP contribution is 2.22. The van der Waals surface area contributed by atoms with Crippen molar-refractivity contribution in [2.45, 2.75) is 5.16 Å². The van der Waals surface area contributed by atoms with Crippen molar-refractivity contribution in [2.24, 2.45) is 0 Å². The number of amides is 2. The second-order valence-electron chi connectivity index (χ2n) is 5.46. The van der Waals surface area contributed by atoms with Gasteiger partial charge in [-0.25, -0.2) is 0 Å². The van der Waals surface area contributed by atoms with Gasteiger partial charge < -0.3 is 10.6 Å². The highest BCUT2D eigenvalue weighted by atomic mass is 35.5. The number of nitrogens with one attached hydrogen (secondary N) is 2. The summed E-state index contributed by atoms with van der Waals surface area (Å²) in [5.41, 5.74) is 1.84. The predicted octanol–water partition coefficient (Wildman–Crippen LogP) is 3.01. The summed E-state index contributed by atoms with van der Waals surface area (Å²) in [6.45, 7) is 0. The number of nitrogens with zero attached hydrogens (tertiary/aromatic N) is 3. The molecule has 0 bridgehead atoms. The summed E-state index contributed by atoms with van der Waals surface area (Å²) in [6.07, 6.45) is 1.57. The molecule has 0 radical (unpaired) electrons. The van der Waals surface area contributed by atoms with Crippen molar-refractivity contribution >= 4 is 40.9 Å². The van der Waals surface area contributed by atoms with E-state index in [1.807, 2.05) is 12.1 Å². The van der Waals surface area contributed by atoms with Crippen molar-refractivity contribution in [3.8, 4) is 5.69 Å². The van der Waals surface area contributed by atoms with E-state index >= 15 is 0 Å². The molecule has 0 atom stereocenters. The van der Waals surface area contributed by atoms with E-state index in [-0.39, 0.29) is 17.6 Å². The Kier molecular flexibility index (Phi) is 6.10. The number of anilines is 1. The highest BCUT2D eigenvalue weighted by molar-refractivity contribution is 7.99. The molecule has 2 aromatic carbocycles. The lowest BCUT2D eigenvalue weighted by Gasteiger charge is -2.08. The zero-order chi connectivity index (χ0) is 19.2. The smallest absolute Gasteiger partial charge is 0.251 e. The van der Waals surface area contributed by atoms with Gasteiger partial charge in [0.05, 0.1) is 11.4 Å². The van der Waals surface area contributed by atoms with E-state index in [0.29, 0.717) is 21.4 Å². The topological polar surface area (TPSA) is 88.9 Å². The van der Waals surface area contributed by atoms with Crippen LogP contribution in [0.3, 0.4) is 0 Å². The van der Waals surface area contributed by atoms with E-state index in [2.05, 4.69) is 20.8 Å². The first-order valence-corrected chi connectivity index (χ1v) is 9.34. The van der Waals surface area contributed by atoms with Crippen LogP contribution < -0.4 is 10.6 Å². The van der Waals surface area contributed by atoms with Crippen LogP contribution in [-0.2, 0) is 4.79 Å². The Morgan fingerprint density at radius 2 is 2.00 bits per heavy atom. The molecule has 0 fully saturated rings. The highest BCUT2D eigenvalue weighted by Gasteiger charge is 2.11. The molecule has 2 N–H and O–H groups in total. The van der Waals surface area contributed by atoms with Crippen LogP contribution in [0, 0.1) is 0 Å². The molecule has 27 heavy (non-hydrogen) atoms. The lowest BCUT2D eigenvalue weighted by atomic mass is 10.2. The Morgan fingerprint density at radius 3 is 2.78 bits per heavy atom. The molecule has 3 rings (SSSR count). The number of aromatic nitrogens is 3. The molecule has 0 saturated carbocycles. The number of halogens is 1. The standard InChI is InChI=1S/C18H16ClN5O2S/c1-20-17(26)12-4-2-6-14(8-12)22-16(25)10-27-18-23-21-11-24(18)15-7-3-5-13(19)9-15/h2-9,11H,10H2,1H3,(H,20,26)(H,22,25). The summed E-state index contributed by atoms with van der Waals surface area (Å²) in [5, 5.41) is 14.5. The molecule has 0 aliphatic carbocycles. The van der Waals surface area contributed by atoms with E-state index in [4.69, 9.17) is 11.6 Å². The van der Waals surface area contributed by atoms with Crippen LogP contribution in [0.25, 0.3) is 5.69 Å². The van der Waals surface area contributed by atoms with Gasteiger partial charge in [-0.05, 0) is 36.4 Å². The first-order valence-electron chi connectivity index (χ1n) is 7.97. The molecule has 9 heteroatoms. The summed E-state index contributed by atoms with van der Waals surface area (Å²) >= 11 is 7.28. The summed E-state index contributed by atoms with van der Waals surface area (Å²) in [6, 6.07) is 14.0. The molecule has 1 heterocycles. The molecule has 0 spiro atoms. The number of hydrogen-bond donors (Lipinski definition) is 2. The van der Waals surface area contributed by atoms with E-state index in [9.17, 15) is 9.59 Å². The van der Waals surface area contributed by atoms with E-state index in [1.165, 1.54) is 11.8 Å². The molecule has 1 aromatic heterocycles. The Balaban J connectivity index is 1.64. The largest absolute Gasteiger partial charge is 0.355 e. The first-order chi connectivity index (χ1) is 13.1. The van der Waals surface area contributed by atoms with Gasteiger partial charge in [0, 0.05) is 23.3 Å². The summed E-state index contributed by atoms with van der Waals surface area (Å²) < 4.78 is 1.76. The number of benzene rings is 2. The van der Waals surface area contributed by atoms with Gasteiger partial charge in [0.15, 0.2) is 5.16 Å². The molecule has 2 amide bonds. The fourth-order valence-electron chi connectivity index (χ4n) is 2.34. The van der Waals surface area contributed by atoms with Gasteiger partial charge in [0.1, 0.15) is 6.33 Å². The Bertz CT molecular complexity index is 976. The normalized spacial score (nSPS) is 10.4. The van der Waals surface area contributed by atoms with Crippen molar-refractivity contribution in [2.75, 3.05) is 18.1 Å². The van der Waals surface area contributed by atoms with Crippen LogP contribution in [0.4, 0.5) is 5.69 Å². The Morgan fingerprint density at radius 1 is 1.19 bits per heavy atom. The lowest BCUT2D eigenvalue weighted by Crippen LogP contribution is -2.19. The Hall–Kier alpha value is -2.84. The first kappa shape index (κ1) is 18.9. The quantitative estimate of drug-likeness (QED) is 0.620. The third kappa shape index (κ3) is 4.87. The molecule has 3 aromatic rings. The van der Waals surface area contributed by atoms with Gasteiger partial charge in [-0.15, -0.1) is 10.2 Å². The molecule has 0 aliphatic heterocycles. The lowest BCUT2D eigenvalue weighted by molar-refractivity contribution is -0.113. The van der Waals surface area contributed by atoms with Crippen LogP contribution in [0.1, 0.15) is 10.4 Å². The molecule has 0 unspecified atom stereocenters. The van der Waals surface area contributed by atoms with Crippen LogP contribution in [0.5, 0.6) is 0 Å². The molecule has 0 aliphatic rings. The van der Waals surface area contributed by atoms with Crippen molar-refractivity contribution in [1.82, 2.24) is 20.1 Å². The average molecular weight is 402 g/mol. The number of carbonyl (C=O) groups is 2. The maximum absolute atomic E-state index is 12.2. The summed E-state index contributed by atoms with van der Waals surface area (Å²) in [5.74, 6) is -0.284. The average Bonchev–Trinajstić information content (AvgIpc) is 3.14. The minimum Gasteiger partial charge on any atom is -0.355 e. The fraction of sp³-hybridized carbons (Fsp3) is 0.111. The van der Waals surface area contributed by atoms with Gasteiger partial charge in [-0.1, -0.05) is 35.5 Å². The van der Waals surface area contributed by atoms with E-state index in [1.54, 1.807) is 54.3 Å². The number of carbonyl (C=O) groups excluding carboxylic acids is 2. The SMILES string of the molecule is CNC(=O)c1cccc(NC(=O)CSc2nncn2-c2cccc(Cl)c2)c1. The second-order valence-corrected chi connectivity index (χ2v) is 6.84. The van der Waals surface area contributed by atoms with Crippen molar-refractivity contribution in [3.05, 3.63) is 65.4 Å². The molecule has 138 valence electrons. The maximum Gasteiger partial charge on any atom is 0.251 e. The molecule has 7 nitrogen and oxygen atoms in total. The summed E-state index contributed by atoms with van der Waals surface area (Å²) in [7, 11) is 1.56. The number of hydrogen-bond acceptors (Lipinski definition) is 5. The third-order valence-corrected chi connectivity index (χ3v) is 4.75. The van der Waals surface area contributed by atoms with Gasteiger partial charge in [-0.3, -0.25) is 14.2 Å².